The number of aromatic nitrogens is 4. The number of nitrogens with one attached hydrogen (secondary N) is 1. The normalized spacial score (nSPS) is 16.7. The lowest BCUT2D eigenvalue weighted by Crippen LogP contribution is -2.37. The lowest BCUT2D eigenvalue weighted by Gasteiger charge is -2.26. The number of anilines is 3. The zero-order chi connectivity index (χ0) is 21.3. The summed E-state index contributed by atoms with van der Waals surface area (Å²) in [6.07, 6.45) is 7.25. The summed E-state index contributed by atoms with van der Waals surface area (Å²) in [6, 6.07) is 4.03. The minimum Gasteiger partial charge on any atom is -0.494 e. The quantitative estimate of drug-likeness (QED) is 0.628. The van der Waals surface area contributed by atoms with Crippen LogP contribution in [-0.2, 0) is 0 Å². The summed E-state index contributed by atoms with van der Waals surface area (Å²) in [5.74, 6) is 0.952. The molecule has 4 heterocycles. The fourth-order valence-electron chi connectivity index (χ4n) is 3.83. The van der Waals surface area contributed by atoms with E-state index in [0.717, 1.165) is 18.9 Å². The third-order valence-electron chi connectivity index (χ3n) is 5.52. The molecule has 1 amide bonds. The lowest BCUT2D eigenvalue weighted by atomic mass is 10.2. The first-order valence-corrected chi connectivity index (χ1v) is 9.83. The van der Waals surface area contributed by atoms with E-state index in [9.17, 15) is 4.79 Å². The lowest BCUT2D eigenvalue weighted by molar-refractivity contribution is 0.102. The predicted molar refractivity (Wildman–Crippen MR) is 115 cm³/mol. The molecule has 0 aliphatic carbocycles. The highest BCUT2D eigenvalue weighted by Crippen LogP contribution is 2.25. The first kappa shape index (κ1) is 19.9. The number of methoxy groups -OCH3 is 1. The molecule has 0 spiro atoms. The van der Waals surface area contributed by atoms with Crippen LogP contribution in [-0.4, -0.2) is 70.7 Å². The number of carbonyl (C=O) groups excluding carboxylic acids is 1. The number of likely N-dealkylation sites (N-methyl/N-ethyl adjacent to an activating group) is 2. The molecule has 3 aromatic rings. The Labute approximate surface area is 174 Å². The Morgan fingerprint density at radius 1 is 1.43 bits per heavy atom. The van der Waals surface area contributed by atoms with E-state index >= 15 is 0 Å². The maximum atomic E-state index is 13.0. The molecule has 0 aromatic carbocycles. The summed E-state index contributed by atoms with van der Waals surface area (Å²) in [5, 5.41) is 7.02. The van der Waals surface area contributed by atoms with Crippen LogP contribution in [0.5, 0.6) is 5.75 Å². The van der Waals surface area contributed by atoms with Crippen molar-refractivity contribution in [2.24, 2.45) is 0 Å². The number of nitrogen functional groups attached to an aromatic ring is 1. The number of nitrogens with two attached hydrogens (primary N) is 1. The Hall–Kier alpha value is -3.40. The van der Waals surface area contributed by atoms with Gasteiger partial charge in [0.1, 0.15) is 22.8 Å². The van der Waals surface area contributed by atoms with Crippen molar-refractivity contribution in [3.05, 3.63) is 36.3 Å². The number of pyridine rings is 1. The number of likely N-dealkylation sites (tertiary alicyclic amines) is 1. The Morgan fingerprint density at radius 3 is 3.00 bits per heavy atom. The van der Waals surface area contributed by atoms with Crippen molar-refractivity contribution < 1.29 is 9.53 Å². The largest absolute Gasteiger partial charge is 0.494 e. The van der Waals surface area contributed by atoms with E-state index in [-0.39, 0.29) is 11.4 Å². The van der Waals surface area contributed by atoms with Crippen molar-refractivity contribution in [3.63, 3.8) is 0 Å². The molecule has 0 radical (unpaired) electrons. The summed E-state index contributed by atoms with van der Waals surface area (Å²) in [7, 11) is 5.68. The number of fused-ring (bicyclic) bond motifs is 1. The van der Waals surface area contributed by atoms with Gasteiger partial charge in [0, 0.05) is 38.1 Å². The maximum Gasteiger partial charge on any atom is 0.263 e. The van der Waals surface area contributed by atoms with Gasteiger partial charge in [-0.1, -0.05) is 0 Å². The molecule has 4 rings (SSSR count). The number of hydrogen-bond donors (Lipinski definition) is 2. The van der Waals surface area contributed by atoms with Crippen molar-refractivity contribution >= 4 is 28.9 Å². The van der Waals surface area contributed by atoms with E-state index in [0.29, 0.717) is 23.1 Å². The minimum atomic E-state index is -0.420. The molecule has 10 nitrogen and oxygen atoms in total. The second-order valence-electron chi connectivity index (χ2n) is 7.50. The van der Waals surface area contributed by atoms with Gasteiger partial charge in [0.25, 0.3) is 5.91 Å². The number of carbonyl (C=O) groups is 1. The second kappa shape index (κ2) is 8.15. The summed E-state index contributed by atoms with van der Waals surface area (Å²) >= 11 is 0. The van der Waals surface area contributed by atoms with Crippen LogP contribution in [0.4, 0.5) is 17.3 Å². The number of ether oxygens (including phenoxy) is 1. The zero-order valence-electron chi connectivity index (χ0n) is 17.4. The van der Waals surface area contributed by atoms with Gasteiger partial charge in [0.15, 0.2) is 11.5 Å². The van der Waals surface area contributed by atoms with Crippen LogP contribution < -0.4 is 20.7 Å². The van der Waals surface area contributed by atoms with Crippen LogP contribution in [0.3, 0.4) is 0 Å². The van der Waals surface area contributed by atoms with Crippen molar-refractivity contribution in [2.45, 2.75) is 18.9 Å². The van der Waals surface area contributed by atoms with E-state index < -0.39 is 5.91 Å². The van der Waals surface area contributed by atoms with Gasteiger partial charge in [0.2, 0.25) is 0 Å². The number of hydrogen-bond acceptors (Lipinski definition) is 8. The summed E-state index contributed by atoms with van der Waals surface area (Å²) in [4.78, 5) is 26.2. The Morgan fingerprint density at radius 2 is 2.27 bits per heavy atom. The first-order chi connectivity index (χ1) is 14.5. The smallest absolute Gasteiger partial charge is 0.263 e. The third-order valence-corrected chi connectivity index (χ3v) is 5.52. The summed E-state index contributed by atoms with van der Waals surface area (Å²) in [5.41, 5.74) is 7.12. The Kier molecular flexibility index (Phi) is 5.40. The van der Waals surface area contributed by atoms with Gasteiger partial charge in [0.05, 0.1) is 13.3 Å². The third kappa shape index (κ3) is 3.73. The molecule has 30 heavy (non-hydrogen) atoms. The summed E-state index contributed by atoms with van der Waals surface area (Å²) < 4.78 is 6.79. The van der Waals surface area contributed by atoms with Crippen LogP contribution in [0.15, 0.2) is 30.7 Å². The van der Waals surface area contributed by atoms with E-state index in [1.54, 1.807) is 18.5 Å². The molecule has 1 saturated heterocycles. The van der Waals surface area contributed by atoms with Gasteiger partial charge >= 0.3 is 0 Å². The SMILES string of the molecule is COc1ccncc1NC(=O)c1c(N)nn2ccc(N(C)CC3CCCN3C)nc12. The van der Waals surface area contributed by atoms with Crippen LogP contribution in [0.1, 0.15) is 23.2 Å². The van der Waals surface area contributed by atoms with E-state index in [2.05, 4.69) is 37.2 Å². The van der Waals surface area contributed by atoms with Gasteiger partial charge in [-0.2, -0.15) is 0 Å². The first-order valence-electron chi connectivity index (χ1n) is 9.83. The van der Waals surface area contributed by atoms with E-state index in [1.807, 2.05) is 13.1 Å². The molecule has 10 heteroatoms. The van der Waals surface area contributed by atoms with Crippen molar-refractivity contribution in [1.29, 1.82) is 0 Å². The molecule has 1 unspecified atom stereocenters. The second-order valence-corrected chi connectivity index (χ2v) is 7.50. The van der Waals surface area contributed by atoms with Crippen LogP contribution in [0.25, 0.3) is 5.65 Å². The zero-order valence-corrected chi connectivity index (χ0v) is 17.4. The van der Waals surface area contributed by atoms with Crippen LogP contribution >= 0.6 is 0 Å². The standard InChI is InChI=1S/C20H26N8O2/c1-26-9-4-5-13(26)12-27(2)16-7-10-28-19(24-16)17(18(21)25-28)20(29)23-14-11-22-8-6-15(14)30-3/h6-8,10-11,13H,4-5,9,12H2,1-3H3,(H2,21,25)(H,23,29). The van der Waals surface area contributed by atoms with E-state index in [4.69, 9.17) is 10.5 Å². The molecule has 3 aromatic heterocycles. The number of rotatable bonds is 6. The molecule has 0 saturated carbocycles. The minimum absolute atomic E-state index is 0.109. The highest BCUT2D eigenvalue weighted by Gasteiger charge is 2.24. The molecule has 3 N–H and O–H groups in total. The van der Waals surface area contributed by atoms with Crippen molar-refractivity contribution in [2.75, 3.05) is 50.2 Å². The van der Waals surface area contributed by atoms with Gasteiger partial charge in [-0.25, -0.2) is 9.50 Å². The van der Waals surface area contributed by atoms with Crippen molar-refractivity contribution in [3.8, 4) is 5.75 Å². The average Bonchev–Trinajstić information content (AvgIpc) is 3.29. The molecule has 1 aliphatic rings. The average molecular weight is 410 g/mol. The van der Waals surface area contributed by atoms with Gasteiger partial charge in [-0.3, -0.25) is 9.78 Å². The molecule has 1 fully saturated rings. The molecular formula is C20H26N8O2. The monoisotopic (exact) mass is 410 g/mol. The topological polar surface area (TPSA) is 114 Å². The van der Waals surface area contributed by atoms with Crippen LogP contribution in [0, 0.1) is 0 Å². The fourth-order valence-corrected chi connectivity index (χ4v) is 3.83. The Bertz CT molecular complexity index is 1070. The molecule has 1 atom stereocenters. The molecular weight excluding hydrogens is 384 g/mol. The number of amides is 1. The molecule has 0 bridgehead atoms. The number of nitrogens with zero attached hydrogens (tertiary/aromatic N) is 6. The predicted octanol–water partition coefficient (Wildman–Crippen LogP) is 1.50. The summed E-state index contributed by atoms with van der Waals surface area (Å²) in [6.45, 7) is 1.98. The highest BCUT2D eigenvalue weighted by molar-refractivity contribution is 6.12. The molecule has 158 valence electrons. The van der Waals surface area contributed by atoms with Gasteiger partial charge in [-0.05, 0) is 32.5 Å². The molecule has 1 aliphatic heterocycles. The maximum absolute atomic E-state index is 13.0. The fraction of sp³-hybridized carbons (Fsp3) is 0.400. The van der Waals surface area contributed by atoms with Crippen LogP contribution in [0.2, 0.25) is 0 Å². The Balaban J connectivity index is 1.62. The van der Waals surface area contributed by atoms with Gasteiger partial charge in [-0.15, -0.1) is 5.10 Å². The van der Waals surface area contributed by atoms with Gasteiger partial charge < -0.3 is 25.6 Å². The highest BCUT2D eigenvalue weighted by atomic mass is 16.5. The van der Waals surface area contributed by atoms with Crippen molar-refractivity contribution in [1.82, 2.24) is 24.5 Å². The van der Waals surface area contributed by atoms with E-state index in [1.165, 1.54) is 30.7 Å².